The molecule has 1 aliphatic heterocycles. The highest BCUT2D eigenvalue weighted by molar-refractivity contribution is 6.30. The third kappa shape index (κ3) is 5.51. The highest BCUT2D eigenvalue weighted by Crippen LogP contribution is 2.28. The van der Waals surface area contributed by atoms with Crippen LogP contribution in [0.2, 0.25) is 5.02 Å². The zero-order valence-electron chi connectivity index (χ0n) is 17.9. The van der Waals surface area contributed by atoms with Gasteiger partial charge in [0.1, 0.15) is 11.5 Å². The number of nitrogens with zero attached hydrogens (tertiary/aromatic N) is 1. The van der Waals surface area contributed by atoms with Crippen LogP contribution in [0.25, 0.3) is 0 Å². The number of nitrogens with one attached hydrogen (secondary N) is 2. The molecule has 7 heteroatoms. The number of hydrogen-bond acceptors (Lipinski definition) is 3. The molecule has 2 aromatic carbocycles. The Labute approximate surface area is 192 Å². The molecule has 0 unspecified atom stereocenters. The molecule has 3 aromatic rings. The zero-order valence-corrected chi connectivity index (χ0v) is 18.7. The average molecular weight is 452 g/mol. The van der Waals surface area contributed by atoms with Crippen molar-refractivity contribution in [1.29, 1.82) is 0 Å². The third-order valence-corrected chi connectivity index (χ3v) is 5.90. The van der Waals surface area contributed by atoms with Gasteiger partial charge >= 0.3 is 6.03 Å². The van der Waals surface area contributed by atoms with Crippen molar-refractivity contribution >= 4 is 29.2 Å². The number of aryl methyl sites for hydroxylation is 1. The molecule has 3 amide bonds. The van der Waals surface area contributed by atoms with E-state index in [1.54, 1.807) is 30.3 Å². The number of urea groups is 1. The predicted molar refractivity (Wildman–Crippen MR) is 125 cm³/mol. The first-order chi connectivity index (χ1) is 15.5. The minimum atomic E-state index is -0.144. The Kier molecular flexibility index (Phi) is 6.81. The van der Waals surface area contributed by atoms with Crippen molar-refractivity contribution in [3.63, 3.8) is 0 Å². The van der Waals surface area contributed by atoms with E-state index in [4.69, 9.17) is 16.0 Å². The van der Waals surface area contributed by atoms with Gasteiger partial charge in [0.25, 0.3) is 5.91 Å². The SMILES string of the molecule is Cc1ccc(CNC(=O)c2cccc([C@H]3CCCN(C(=O)Nc4ccc(Cl)cc4)C3)c2)o1. The second-order valence-corrected chi connectivity index (χ2v) is 8.48. The molecule has 0 bridgehead atoms. The Morgan fingerprint density at radius 3 is 2.69 bits per heavy atom. The van der Waals surface area contributed by atoms with Crippen molar-refractivity contribution in [3.8, 4) is 0 Å². The normalized spacial score (nSPS) is 15.9. The molecular formula is C25H26ClN3O3. The molecular weight excluding hydrogens is 426 g/mol. The fourth-order valence-corrected chi connectivity index (χ4v) is 4.08. The van der Waals surface area contributed by atoms with Gasteiger partial charge in [0.15, 0.2) is 0 Å². The van der Waals surface area contributed by atoms with Crippen LogP contribution in [-0.4, -0.2) is 29.9 Å². The Hall–Kier alpha value is -3.25. The topological polar surface area (TPSA) is 74.6 Å². The summed E-state index contributed by atoms with van der Waals surface area (Å²) < 4.78 is 5.51. The van der Waals surface area contributed by atoms with Crippen LogP contribution < -0.4 is 10.6 Å². The lowest BCUT2D eigenvalue weighted by Crippen LogP contribution is -2.41. The molecule has 0 saturated carbocycles. The summed E-state index contributed by atoms with van der Waals surface area (Å²) in [5.41, 5.74) is 2.39. The number of carbonyl (C=O) groups is 2. The van der Waals surface area contributed by atoms with Crippen LogP contribution in [0.1, 0.15) is 46.2 Å². The highest BCUT2D eigenvalue weighted by Gasteiger charge is 2.25. The standard InChI is InChI=1S/C25H26ClN3O3/c1-17-7-12-23(32-17)15-27-24(30)19-5-2-4-18(14-19)20-6-3-13-29(16-20)25(31)28-22-10-8-21(26)9-11-22/h2,4-5,7-12,14,20H,3,6,13,15-16H2,1H3,(H,27,30)(H,28,31)/t20-/m0/s1. The number of piperidine rings is 1. The fourth-order valence-electron chi connectivity index (χ4n) is 3.95. The molecule has 6 nitrogen and oxygen atoms in total. The highest BCUT2D eigenvalue weighted by atomic mass is 35.5. The van der Waals surface area contributed by atoms with E-state index >= 15 is 0 Å². The summed E-state index contributed by atoms with van der Waals surface area (Å²) in [7, 11) is 0. The molecule has 2 N–H and O–H groups in total. The Balaban J connectivity index is 1.38. The first kappa shape index (κ1) is 22.0. The van der Waals surface area contributed by atoms with Crippen LogP contribution in [0.15, 0.2) is 65.1 Å². The van der Waals surface area contributed by atoms with Gasteiger partial charge < -0.3 is 20.0 Å². The Bertz CT molecular complexity index is 1090. The van der Waals surface area contributed by atoms with Crippen molar-refractivity contribution < 1.29 is 14.0 Å². The quantitative estimate of drug-likeness (QED) is 0.531. The molecule has 1 atom stereocenters. The molecule has 0 spiro atoms. The summed E-state index contributed by atoms with van der Waals surface area (Å²) in [4.78, 5) is 27.2. The van der Waals surface area contributed by atoms with Gasteiger partial charge in [0.2, 0.25) is 0 Å². The van der Waals surface area contributed by atoms with Crippen LogP contribution in [-0.2, 0) is 6.54 Å². The van der Waals surface area contributed by atoms with Gasteiger partial charge in [0.05, 0.1) is 6.54 Å². The molecule has 1 saturated heterocycles. The van der Waals surface area contributed by atoms with E-state index in [0.717, 1.165) is 29.9 Å². The van der Waals surface area contributed by atoms with E-state index in [9.17, 15) is 9.59 Å². The number of anilines is 1. The smallest absolute Gasteiger partial charge is 0.321 e. The van der Waals surface area contributed by atoms with E-state index in [1.807, 2.05) is 42.2 Å². The van der Waals surface area contributed by atoms with Crippen LogP contribution in [0.5, 0.6) is 0 Å². The van der Waals surface area contributed by atoms with Gasteiger partial charge in [-0.1, -0.05) is 23.7 Å². The Morgan fingerprint density at radius 2 is 1.94 bits per heavy atom. The summed E-state index contributed by atoms with van der Waals surface area (Å²) in [6, 6.07) is 18.3. The molecule has 0 radical (unpaired) electrons. The number of rotatable bonds is 5. The third-order valence-electron chi connectivity index (χ3n) is 5.64. The summed E-state index contributed by atoms with van der Waals surface area (Å²) in [6.07, 6.45) is 1.88. The van der Waals surface area contributed by atoms with Gasteiger partial charge in [0, 0.05) is 35.3 Å². The molecule has 1 fully saturated rings. The van der Waals surface area contributed by atoms with E-state index in [1.165, 1.54) is 0 Å². The lowest BCUT2D eigenvalue weighted by Gasteiger charge is -2.33. The predicted octanol–water partition coefficient (Wildman–Crippen LogP) is 5.58. The number of halogens is 1. The van der Waals surface area contributed by atoms with E-state index < -0.39 is 0 Å². The average Bonchev–Trinajstić information content (AvgIpc) is 3.24. The summed E-state index contributed by atoms with van der Waals surface area (Å²) in [5, 5.41) is 6.46. The van der Waals surface area contributed by atoms with Crippen LogP contribution in [0.3, 0.4) is 0 Å². The molecule has 0 aliphatic carbocycles. The molecule has 166 valence electrons. The maximum atomic E-state index is 12.7. The number of benzene rings is 2. The number of carbonyl (C=O) groups excluding carboxylic acids is 2. The summed E-state index contributed by atoms with van der Waals surface area (Å²) >= 11 is 5.91. The maximum absolute atomic E-state index is 12.7. The molecule has 1 aliphatic rings. The van der Waals surface area contributed by atoms with Gasteiger partial charge in [-0.3, -0.25) is 4.79 Å². The van der Waals surface area contributed by atoms with Crippen molar-refractivity contribution in [1.82, 2.24) is 10.2 Å². The first-order valence-electron chi connectivity index (χ1n) is 10.7. The summed E-state index contributed by atoms with van der Waals surface area (Å²) in [6.45, 7) is 3.53. The van der Waals surface area contributed by atoms with Gasteiger partial charge in [-0.15, -0.1) is 0 Å². The number of furan rings is 1. The number of amides is 3. The number of likely N-dealkylation sites (tertiary alicyclic amines) is 1. The maximum Gasteiger partial charge on any atom is 0.321 e. The van der Waals surface area contributed by atoms with E-state index in [-0.39, 0.29) is 17.9 Å². The van der Waals surface area contributed by atoms with Crippen molar-refractivity contribution in [2.45, 2.75) is 32.2 Å². The minimum Gasteiger partial charge on any atom is -0.465 e. The lowest BCUT2D eigenvalue weighted by molar-refractivity contribution is 0.0947. The van der Waals surface area contributed by atoms with Gasteiger partial charge in [-0.05, 0) is 73.9 Å². The van der Waals surface area contributed by atoms with E-state index in [0.29, 0.717) is 35.9 Å². The zero-order chi connectivity index (χ0) is 22.5. The lowest BCUT2D eigenvalue weighted by atomic mass is 9.89. The summed E-state index contributed by atoms with van der Waals surface area (Å²) in [5.74, 6) is 1.58. The molecule has 2 heterocycles. The minimum absolute atomic E-state index is 0.125. The first-order valence-corrected chi connectivity index (χ1v) is 11.1. The monoisotopic (exact) mass is 451 g/mol. The van der Waals surface area contributed by atoms with Crippen molar-refractivity contribution in [2.24, 2.45) is 0 Å². The molecule has 32 heavy (non-hydrogen) atoms. The Morgan fingerprint density at radius 1 is 1.12 bits per heavy atom. The van der Waals surface area contributed by atoms with E-state index in [2.05, 4.69) is 10.6 Å². The van der Waals surface area contributed by atoms with Crippen molar-refractivity contribution in [3.05, 3.63) is 88.3 Å². The second-order valence-electron chi connectivity index (χ2n) is 8.04. The van der Waals surface area contributed by atoms with Crippen LogP contribution in [0.4, 0.5) is 10.5 Å². The number of hydrogen-bond donors (Lipinski definition) is 2. The second kappa shape index (κ2) is 9.92. The van der Waals surface area contributed by atoms with Gasteiger partial charge in [-0.2, -0.15) is 0 Å². The molecule has 1 aromatic heterocycles. The van der Waals surface area contributed by atoms with Crippen LogP contribution in [0, 0.1) is 6.92 Å². The fraction of sp³-hybridized carbons (Fsp3) is 0.280. The van der Waals surface area contributed by atoms with Crippen LogP contribution >= 0.6 is 11.6 Å². The van der Waals surface area contributed by atoms with Gasteiger partial charge in [-0.25, -0.2) is 4.79 Å². The largest absolute Gasteiger partial charge is 0.465 e. The molecule has 4 rings (SSSR count). The van der Waals surface area contributed by atoms with Crippen molar-refractivity contribution in [2.75, 3.05) is 18.4 Å².